The lowest BCUT2D eigenvalue weighted by atomic mass is 9.92. The van der Waals surface area contributed by atoms with Crippen molar-refractivity contribution in [1.29, 1.82) is 0 Å². The molecule has 0 radical (unpaired) electrons. The van der Waals surface area contributed by atoms with Gasteiger partial charge in [-0.3, -0.25) is 15.0 Å². The maximum atomic E-state index is 14.2. The average molecular weight is 433 g/mol. The van der Waals surface area contributed by atoms with Gasteiger partial charge in [0.15, 0.2) is 0 Å². The highest BCUT2D eigenvalue weighted by atomic mass is 19.4. The summed E-state index contributed by atoms with van der Waals surface area (Å²) < 4.78 is 44.2. The number of hydrogen-bond acceptors (Lipinski definition) is 4. The minimum atomic E-state index is -4.91. The second kappa shape index (κ2) is 7.97. The van der Waals surface area contributed by atoms with Gasteiger partial charge in [-0.1, -0.05) is 30.3 Å². The normalized spacial score (nSPS) is 17.2. The number of likely N-dealkylation sites (tertiary alicyclic amines) is 1. The minimum absolute atomic E-state index is 0.153. The first kappa shape index (κ1) is 21.3. The van der Waals surface area contributed by atoms with E-state index >= 15 is 0 Å². The molecule has 3 aromatic rings. The molecule has 164 valence electrons. The number of rotatable bonds is 6. The van der Waals surface area contributed by atoms with Gasteiger partial charge < -0.3 is 9.67 Å². The number of halogens is 3. The molecule has 31 heavy (non-hydrogen) atoms. The van der Waals surface area contributed by atoms with E-state index in [1.54, 1.807) is 4.90 Å². The molecular weight excluding hydrogens is 411 g/mol. The van der Waals surface area contributed by atoms with Crippen molar-refractivity contribution >= 4 is 16.6 Å². The average Bonchev–Trinajstić information content (AvgIpc) is 3.35. The summed E-state index contributed by atoms with van der Waals surface area (Å²) in [6.45, 7) is 0.632. The smallest absolute Gasteiger partial charge is 0.375 e. The molecule has 0 spiro atoms. The first-order valence-corrected chi connectivity index (χ1v) is 10.0. The second-order valence-corrected chi connectivity index (χ2v) is 7.96. The van der Waals surface area contributed by atoms with Gasteiger partial charge in [-0.2, -0.15) is 13.2 Å². The molecule has 1 N–H and O–H groups in total. The SMILES string of the molecule is O=[N+]([O-])c1ccc2c(C(O)(CN3CCCC3)C(F)(F)F)cn(Cc3ccccc3)c2c1. The summed E-state index contributed by atoms with van der Waals surface area (Å²) in [5.74, 6) is 0. The standard InChI is InChI=1S/C22H22F3N3O3/c23-22(24,25)21(29,15-26-10-4-5-11-26)19-14-27(13-16-6-2-1-3-7-16)20-12-17(28(30)31)8-9-18(19)20/h1-3,6-9,12,14,29H,4-5,10-11,13,15H2. The molecular formula is C22H22F3N3O3. The Morgan fingerprint density at radius 1 is 1.06 bits per heavy atom. The molecule has 0 aliphatic carbocycles. The molecule has 1 atom stereocenters. The number of non-ortho nitro benzene ring substituents is 1. The zero-order chi connectivity index (χ0) is 22.2. The highest BCUT2D eigenvalue weighted by Crippen LogP contribution is 2.44. The van der Waals surface area contributed by atoms with Crippen LogP contribution in [0.5, 0.6) is 0 Å². The van der Waals surface area contributed by atoms with E-state index in [0.29, 0.717) is 13.1 Å². The number of nitro benzene ring substituents is 1. The van der Waals surface area contributed by atoms with Crippen LogP contribution < -0.4 is 0 Å². The lowest BCUT2D eigenvalue weighted by Gasteiger charge is -2.34. The number of β-amino-alcohol motifs (C(OH)–C–C–N with tert-alkyl or cyclic N) is 1. The van der Waals surface area contributed by atoms with Crippen molar-refractivity contribution < 1.29 is 23.2 Å². The first-order chi connectivity index (χ1) is 14.7. The molecule has 0 amide bonds. The number of aromatic nitrogens is 1. The Kier molecular flexibility index (Phi) is 5.49. The summed E-state index contributed by atoms with van der Waals surface area (Å²) in [6, 6.07) is 12.8. The number of nitrogens with zero attached hydrogens (tertiary/aromatic N) is 3. The molecule has 2 heterocycles. The Morgan fingerprint density at radius 2 is 1.74 bits per heavy atom. The molecule has 1 saturated heterocycles. The van der Waals surface area contributed by atoms with Crippen LogP contribution >= 0.6 is 0 Å². The fourth-order valence-electron chi connectivity index (χ4n) is 4.23. The van der Waals surface area contributed by atoms with Crippen LogP contribution in [0.3, 0.4) is 0 Å². The summed E-state index contributed by atoms with van der Waals surface area (Å²) in [5, 5.41) is 22.4. The summed E-state index contributed by atoms with van der Waals surface area (Å²) >= 11 is 0. The second-order valence-electron chi connectivity index (χ2n) is 7.96. The van der Waals surface area contributed by atoms with Crippen molar-refractivity contribution in [2.45, 2.75) is 31.2 Å². The molecule has 1 fully saturated rings. The fourth-order valence-corrected chi connectivity index (χ4v) is 4.23. The molecule has 2 aromatic carbocycles. The largest absolute Gasteiger partial charge is 0.422 e. The monoisotopic (exact) mass is 433 g/mol. The molecule has 1 aliphatic rings. The van der Waals surface area contributed by atoms with Crippen LogP contribution in [0.2, 0.25) is 0 Å². The van der Waals surface area contributed by atoms with E-state index in [1.807, 2.05) is 30.3 Å². The lowest BCUT2D eigenvalue weighted by molar-refractivity contribution is -0.384. The van der Waals surface area contributed by atoms with E-state index in [2.05, 4.69) is 0 Å². The van der Waals surface area contributed by atoms with Crippen LogP contribution in [0.15, 0.2) is 54.7 Å². The number of alkyl halides is 3. The Labute approximate surface area is 176 Å². The summed E-state index contributed by atoms with van der Waals surface area (Å²) in [7, 11) is 0. The number of aliphatic hydroxyl groups is 1. The van der Waals surface area contributed by atoms with E-state index in [9.17, 15) is 28.4 Å². The highest BCUT2D eigenvalue weighted by molar-refractivity contribution is 5.87. The maximum absolute atomic E-state index is 14.2. The van der Waals surface area contributed by atoms with E-state index in [1.165, 1.54) is 29.0 Å². The van der Waals surface area contributed by atoms with Crippen LogP contribution in [-0.4, -0.2) is 45.3 Å². The minimum Gasteiger partial charge on any atom is -0.375 e. The van der Waals surface area contributed by atoms with Crippen LogP contribution in [0, 0.1) is 10.1 Å². The van der Waals surface area contributed by atoms with Gasteiger partial charge in [-0.05, 0) is 37.6 Å². The molecule has 0 saturated carbocycles. The topological polar surface area (TPSA) is 71.5 Å². The van der Waals surface area contributed by atoms with Crippen molar-refractivity contribution in [1.82, 2.24) is 9.47 Å². The third-order valence-corrected chi connectivity index (χ3v) is 5.84. The Bertz CT molecular complexity index is 1090. The lowest BCUT2D eigenvalue weighted by Crippen LogP contribution is -2.50. The molecule has 6 nitrogen and oxygen atoms in total. The highest BCUT2D eigenvalue weighted by Gasteiger charge is 2.57. The third-order valence-electron chi connectivity index (χ3n) is 5.84. The number of nitro groups is 1. The Hall–Kier alpha value is -2.91. The van der Waals surface area contributed by atoms with Crippen molar-refractivity contribution in [2.24, 2.45) is 0 Å². The third kappa shape index (κ3) is 4.03. The van der Waals surface area contributed by atoms with Gasteiger partial charge in [0, 0.05) is 42.4 Å². The molecule has 1 unspecified atom stereocenters. The van der Waals surface area contributed by atoms with E-state index < -0.39 is 23.2 Å². The van der Waals surface area contributed by atoms with Gasteiger partial charge in [0.05, 0.1) is 10.4 Å². The molecule has 0 bridgehead atoms. The predicted molar refractivity (Wildman–Crippen MR) is 110 cm³/mol. The maximum Gasteiger partial charge on any atom is 0.422 e. The van der Waals surface area contributed by atoms with Crippen LogP contribution in [0.4, 0.5) is 18.9 Å². The number of hydrogen-bond donors (Lipinski definition) is 1. The zero-order valence-electron chi connectivity index (χ0n) is 16.7. The van der Waals surface area contributed by atoms with Gasteiger partial charge in [-0.25, -0.2) is 0 Å². The van der Waals surface area contributed by atoms with Crippen LogP contribution in [0.1, 0.15) is 24.0 Å². The van der Waals surface area contributed by atoms with E-state index in [-0.39, 0.29) is 28.7 Å². The van der Waals surface area contributed by atoms with E-state index in [0.717, 1.165) is 18.4 Å². The Balaban J connectivity index is 1.88. The number of benzene rings is 2. The van der Waals surface area contributed by atoms with Crippen LogP contribution in [0.25, 0.3) is 10.9 Å². The molecule has 9 heteroatoms. The van der Waals surface area contributed by atoms with Gasteiger partial charge in [0.1, 0.15) is 0 Å². The molecule has 1 aromatic heterocycles. The zero-order valence-corrected chi connectivity index (χ0v) is 16.7. The van der Waals surface area contributed by atoms with Crippen molar-refractivity contribution in [2.75, 3.05) is 19.6 Å². The summed E-state index contributed by atoms with van der Waals surface area (Å²) in [5.41, 5.74) is -2.49. The molecule has 1 aliphatic heterocycles. The summed E-state index contributed by atoms with van der Waals surface area (Å²) in [6.07, 6.45) is -2.06. The van der Waals surface area contributed by atoms with Crippen molar-refractivity contribution in [3.63, 3.8) is 0 Å². The van der Waals surface area contributed by atoms with Gasteiger partial charge in [-0.15, -0.1) is 0 Å². The quantitative estimate of drug-likeness (QED) is 0.461. The number of fused-ring (bicyclic) bond motifs is 1. The fraction of sp³-hybridized carbons (Fsp3) is 0.364. The van der Waals surface area contributed by atoms with Gasteiger partial charge >= 0.3 is 6.18 Å². The Morgan fingerprint density at radius 3 is 2.35 bits per heavy atom. The van der Waals surface area contributed by atoms with Gasteiger partial charge in [0.2, 0.25) is 5.60 Å². The van der Waals surface area contributed by atoms with Crippen molar-refractivity contribution in [3.05, 3.63) is 76.0 Å². The summed E-state index contributed by atoms with van der Waals surface area (Å²) in [4.78, 5) is 12.3. The first-order valence-electron chi connectivity index (χ1n) is 10.0. The predicted octanol–water partition coefficient (Wildman–Crippen LogP) is 4.44. The molecule has 4 rings (SSSR count). The van der Waals surface area contributed by atoms with Crippen LogP contribution in [-0.2, 0) is 12.1 Å². The van der Waals surface area contributed by atoms with E-state index in [4.69, 9.17) is 0 Å². The van der Waals surface area contributed by atoms with Gasteiger partial charge in [0.25, 0.3) is 5.69 Å². The van der Waals surface area contributed by atoms with Crippen molar-refractivity contribution in [3.8, 4) is 0 Å².